The predicted molar refractivity (Wildman–Crippen MR) is 90.3 cm³/mol. The second-order valence-corrected chi connectivity index (χ2v) is 12.0. The van der Waals surface area contributed by atoms with Crippen molar-refractivity contribution in [1.82, 2.24) is 14.5 Å². The van der Waals surface area contributed by atoms with Crippen molar-refractivity contribution in [3.8, 4) is 0 Å². The van der Waals surface area contributed by atoms with Crippen LogP contribution in [0.5, 0.6) is 0 Å². The molecular weight excluding hydrogens is 302 g/mol. The van der Waals surface area contributed by atoms with E-state index in [4.69, 9.17) is 16.0 Å². The lowest BCUT2D eigenvalue weighted by Gasteiger charge is -2.36. The summed E-state index contributed by atoms with van der Waals surface area (Å²) < 4.78 is 8.30. The summed E-state index contributed by atoms with van der Waals surface area (Å²) in [5.41, 5.74) is 0.891. The van der Waals surface area contributed by atoms with Crippen LogP contribution in [0.15, 0.2) is 18.5 Å². The van der Waals surface area contributed by atoms with Crippen molar-refractivity contribution in [2.45, 2.75) is 51.9 Å². The third kappa shape index (κ3) is 3.84. The number of hydrogen-bond acceptors (Lipinski definition) is 3. The van der Waals surface area contributed by atoms with Gasteiger partial charge in [0.2, 0.25) is 5.28 Å². The van der Waals surface area contributed by atoms with E-state index in [1.165, 1.54) is 0 Å². The highest BCUT2D eigenvalue weighted by Crippen LogP contribution is 2.36. The molecule has 0 radical (unpaired) electrons. The molecule has 2 heterocycles. The molecule has 0 atom stereocenters. The van der Waals surface area contributed by atoms with Gasteiger partial charge in [0, 0.05) is 30.9 Å². The van der Waals surface area contributed by atoms with Crippen molar-refractivity contribution in [1.29, 1.82) is 0 Å². The Hall–Kier alpha value is -0.913. The molecule has 0 bridgehead atoms. The van der Waals surface area contributed by atoms with E-state index in [9.17, 15) is 0 Å². The molecule has 0 amide bonds. The zero-order chi connectivity index (χ0) is 15.7. The monoisotopic (exact) mass is 325 g/mol. The summed E-state index contributed by atoms with van der Waals surface area (Å²) in [5.74, 6) is 0. The molecule has 116 valence electrons. The van der Waals surface area contributed by atoms with E-state index in [0.717, 1.165) is 30.6 Å². The molecule has 0 N–H and O–H groups in total. The second-order valence-electron chi connectivity index (χ2n) is 6.89. The Morgan fingerprint density at radius 2 is 2.05 bits per heavy atom. The Bertz CT molecular complexity index is 619. The number of hydrogen-bond donors (Lipinski definition) is 0. The predicted octanol–water partition coefficient (Wildman–Crippen LogP) is 4.50. The number of halogens is 1. The van der Waals surface area contributed by atoms with Gasteiger partial charge in [0.1, 0.15) is 5.65 Å². The largest absolute Gasteiger partial charge is 0.417 e. The number of nitrogens with zero attached hydrogens (tertiary/aromatic N) is 3. The van der Waals surface area contributed by atoms with Gasteiger partial charge in [-0.1, -0.05) is 20.8 Å². The number of fused-ring (bicyclic) bond motifs is 1. The molecule has 0 aliphatic heterocycles. The first-order valence-electron chi connectivity index (χ1n) is 7.32. The second kappa shape index (κ2) is 6.06. The third-order valence-electron chi connectivity index (χ3n) is 4.29. The van der Waals surface area contributed by atoms with Crippen LogP contribution in [-0.2, 0) is 11.0 Å². The van der Waals surface area contributed by atoms with E-state index in [1.807, 2.05) is 12.3 Å². The first kappa shape index (κ1) is 16.5. The molecule has 0 unspecified atom stereocenters. The number of aryl methyl sites for hydroxylation is 1. The first-order valence-corrected chi connectivity index (χ1v) is 10.6. The zero-order valence-corrected chi connectivity index (χ0v) is 15.2. The number of aromatic nitrogens is 3. The van der Waals surface area contributed by atoms with Gasteiger partial charge in [-0.3, -0.25) is 0 Å². The molecule has 2 rings (SSSR count). The lowest BCUT2D eigenvalue weighted by molar-refractivity contribution is 0.275. The summed E-state index contributed by atoms with van der Waals surface area (Å²) >= 11 is 5.86. The lowest BCUT2D eigenvalue weighted by atomic mass is 10.2. The molecule has 0 aliphatic rings. The maximum atomic E-state index is 6.19. The summed E-state index contributed by atoms with van der Waals surface area (Å²) in [5, 5.41) is 1.57. The average molecular weight is 326 g/mol. The van der Waals surface area contributed by atoms with Gasteiger partial charge < -0.3 is 8.99 Å². The molecule has 0 aliphatic carbocycles. The van der Waals surface area contributed by atoms with Crippen molar-refractivity contribution >= 4 is 31.0 Å². The fraction of sp³-hybridized carbons (Fsp3) is 0.600. The molecule has 2 aromatic heterocycles. The quantitative estimate of drug-likeness (QED) is 0.461. The van der Waals surface area contributed by atoms with Gasteiger partial charge in [-0.05, 0) is 42.2 Å². The molecule has 0 saturated heterocycles. The van der Waals surface area contributed by atoms with Gasteiger partial charge in [0.15, 0.2) is 8.32 Å². The van der Waals surface area contributed by atoms with Gasteiger partial charge in [0.25, 0.3) is 0 Å². The van der Waals surface area contributed by atoms with Crippen LogP contribution < -0.4 is 0 Å². The van der Waals surface area contributed by atoms with Crippen LogP contribution in [0.1, 0.15) is 27.2 Å². The van der Waals surface area contributed by atoms with Crippen LogP contribution >= 0.6 is 11.6 Å². The summed E-state index contributed by atoms with van der Waals surface area (Å²) in [6.07, 6.45) is 4.76. The Morgan fingerprint density at radius 3 is 2.71 bits per heavy atom. The van der Waals surface area contributed by atoms with Gasteiger partial charge in [-0.15, -0.1) is 0 Å². The van der Waals surface area contributed by atoms with E-state index in [-0.39, 0.29) is 5.04 Å². The summed E-state index contributed by atoms with van der Waals surface area (Å²) in [6, 6.07) is 2.01. The van der Waals surface area contributed by atoms with Gasteiger partial charge >= 0.3 is 0 Å². The van der Waals surface area contributed by atoms with E-state index < -0.39 is 8.32 Å². The topological polar surface area (TPSA) is 39.9 Å². The van der Waals surface area contributed by atoms with E-state index >= 15 is 0 Å². The third-order valence-corrected chi connectivity index (χ3v) is 9.01. The van der Waals surface area contributed by atoms with Crippen LogP contribution in [-0.4, -0.2) is 29.5 Å². The molecular formula is C15H24ClN3OSi. The zero-order valence-electron chi connectivity index (χ0n) is 13.5. The maximum absolute atomic E-state index is 6.19. The summed E-state index contributed by atoms with van der Waals surface area (Å²) in [6.45, 7) is 13.0. The molecule has 0 spiro atoms. The van der Waals surface area contributed by atoms with Crippen molar-refractivity contribution in [2.75, 3.05) is 6.61 Å². The van der Waals surface area contributed by atoms with E-state index in [2.05, 4.69) is 48.4 Å². The molecule has 0 aromatic carbocycles. The molecule has 0 fully saturated rings. The SMILES string of the molecule is CC(C)(C)[Si](C)(C)OCCCn1ccc2cnc(Cl)nc21. The highest BCUT2D eigenvalue weighted by atomic mass is 35.5. The van der Waals surface area contributed by atoms with Gasteiger partial charge in [-0.2, -0.15) is 4.98 Å². The molecule has 6 heteroatoms. The van der Waals surface area contributed by atoms with Gasteiger partial charge in [0.05, 0.1) is 0 Å². The van der Waals surface area contributed by atoms with Gasteiger partial charge in [-0.25, -0.2) is 4.98 Å². The van der Waals surface area contributed by atoms with Crippen molar-refractivity contribution < 1.29 is 4.43 Å². The molecule has 21 heavy (non-hydrogen) atoms. The van der Waals surface area contributed by atoms with Crippen LogP contribution in [0.25, 0.3) is 11.0 Å². The van der Waals surface area contributed by atoms with Crippen LogP contribution in [0, 0.1) is 0 Å². The highest BCUT2D eigenvalue weighted by Gasteiger charge is 2.36. The van der Waals surface area contributed by atoms with E-state index in [0.29, 0.717) is 5.28 Å². The minimum absolute atomic E-state index is 0.258. The van der Waals surface area contributed by atoms with Crippen molar-refractivity contribution in [2.24, 2.45) is 0 Å². The standard InChI is InChI=1S/C15H24ClN3OSi/c1-15(2,3)21(4,5)20-10-6-8-19-9-7-12-11-17-14(16)18-13(12)19/h7,9,11H,6,8,10H2,1-5H3. The lowest BCUT2D eigenvalue weighted by Crippen LogP contribution is -2.41. The maximum Gasteiger partial charge on any atom is 0.224 e. The molecule has 0 saturated carbocycles. The number of rotatable bonds is 5. The molecule has 4 nitrogen and oxygen atoms in total. The smallest absolute Gasteiger partial charge is 0.224 e. The van der Waals surface area contributed by atoms with Crippen LogP contribution in [0.3, 0.4) is 0 Å². The summed E-state index contributed by atoms with van der Waals surface area (Å²) in [7, 11) is -1.65. The normalized spacial score (nSPS) is 13.0. The summed E-state index contributed by atoms with van der Waals surface area (Å²) in [4.78, 5) is 8.29. The fourth-order valence-electron chi connectivity index (χ4n) is 1.91. The van der Waals surface area contributed by atoms with E-state index in [1.54, 1.807) is 6.20 Å². The average Bonchev–Trinajstić information content (AvgIpc) is 2.76. The van der Waals surface area contributed by atoms with Crippen LogP contribution in [0.4, 0.5) is 0 Å². The highest BCUT2D eigenvalue weighted by molar-refractivity contribution is 6.74. The minimum Gasteiger partial charge on any atom is -0.417 e. The Balaban J connectivity index is 1.93. The minimum atomic E-state index is -1.65. The Morgan fingerprint density at radius 1 is 1.33 bits per heavy atom. The fourth-order valence-corrected chi connectivity index (χ4v) is 3.13. The Labute approximate surface area is 132 Å². The van der Waals surface area contributed by atoms with Crippen LogP contribution in [0.2, 0.25) is 23.4 Å². The first-order chi connectivity index (χ1) is 9.71. The Kier molecular flexibility index (Phi) is 4.75. The van der Waals surface area contributed by atoms with Crippen molar-refractivity contribution in [3.63, 3.8) is 0 Å². The van der Waals surface area contributed by atoms with Crippen molar-refractivity contribution in [3.05, 3.63) is 23.7 Å². The molecule has 2 aromatic rings.